The molecule has 0 aliphatic carbocycles. The Labute approximate surface area is 382 Å². The van der Waals surface area contributed by atoms with E-state index in [2.05, 4.69) is 45.5 Å². The molecule has 1 fully saturated rings. The van der Waals surface area contributed by atoms with E-state index in [1.54, 1.807) is 11.8 Å². The number of carbonyl (C=O) groups is 3. The van der Waals surface area contributed by atoms with Crippen molar-refractivity contribution in [3.63, 3.8) is 0 Å². The number of H-pyrrole nitrogens is 1. The monoisotopic (exact) mass is 1010 g/mol. The Balaban J connectivity index is 0.992. The maximum atomic E-state index is 12.7. The molecule has 66 heavy (non-hydrogen) atoms. The molecule has 9 N–H and O–H groups in total. The van der Waals surface area contributed by atoms with Gasteiger partial charge in [-0.1, -0.05) is 45.9 Å². The second kappa shape index (κ2) is 22.2. The third-order valence-electron chi connectivity index (χ3n) is 10.2. The number of anilines is 1. The van der Waals surface area contributed by atoms with E-state index < -0.39 is 84.6 Å². The first-order valence-corrected chi connectivity index (χ1v) is 25.8. The van der Waals surface area contributed by atoms with Gasteiger partial charge in [0.05, 0.1) is 27.4 Å². The van der Waals surface area contributed by atoms with Gasteiger partial charge in [0.15, 0.2) is 17.7 Å². The highest BCUT2D eigenvalue weighted by Crippen LogP contribution is 2.61. The third-order valence-corrected chi connectivity index (χ3v) is 14.6. The van der Waals surface area contributed by atoms with Gasteiger partial charge >= 0.3 is 15.6 Å². The van der Waals surface area contributed by atoms with Crippen molar-refractivity contribution in [1.82, 2.24) is 35.1 Å². The molecule has 1 aliphatic heterocycles. The Morgan fingerprint density at radius 2 is 1.74 bits per heavy atom. The summed E-state index contributed by atoms with van der Waals surface area (Å²) < 4.78 is 61.5. The number of fused-ring (bicyclic) bond motifs is 2. The highest BCUT2D eigenvalue weighted by Gasteiger charge is 2.48. The van der Waals surface area contributed by atoms with Gasteiger partial charge in [0.25, 0.3) is 0 Å². The molecule has 29 heteroatoms. The summed E-state index contributed by atoms with van der Waals surface area (Å²) in [6.45, 7) is 4.47. The minimum atomic E-state index is -5.83. The summed E-state index contributed by atoms with van der Waals surface area (Å²) in [6, 6.07) is 8.01. The summed E-state index contributed by atoms with van der Waals surface area (Å²) in [7, 11) is -17.0. The number of nitrogen functional groups attached to an aromatic ring is 1. The molecular formula is C37H53N8O17P3S-2. The number of phosphoric ester groups is 3. The molecule has 0 spiro atoms. The van der Waals surface area contributed by atoms with Crippen LogP contribution in [-0.2, 0) is 57.1 Å². The van der Waals surface area contributed by atoms with Crippen molar-refractivity contribution < 1.29 is 80.5 Å². The number of hydrogen-bond donors (Lipinski definition) is 8. The predicted octanol–water partition coefficient (Wildman–Crippen LogP) is 1.12. The fourth-order valence-electron chi connectivity index (χ4n) is 6.88. The second-order valence-electron chi connectivity index (χ2n) is 16.6. The standard InChI is InChI=1S/C37H55N8O17P3S/c1-36(2,31(49)34(50)40-13-12-27(47)39-14-15-66-37(3,4)16-23(46)9-7-8-22-17-41-25-11-6-5-10-24(22)25)19-59-65(56,57)62-64(54,55)58-18-26-30(61-63(51,52)53)29(48)35(60-26)45-21-44-28-32(38)42-20-43-33(28)45/h5-6,10-11,17,20-21,26,29-31,35,41,48-49H,7-9,12-16,18-19H2,1-4H3,(H,39,47)(H,40,50)(H,54,55)(H,56,57)(H2,38,42,43)(H2,51,52,53)/p-2. The maximum absolute atomic E-state index is 12.7. The molecule has 1 aromatic carbocycles. The van der Waals surface area contributed by atoms with Crippen LogP contribution in [0.15, 0.2) is 43.1 Å². The van der Waals surface area contributed by atoms with Gasteiger partial charge < -0.3 is 65.0 Å². The average Bonchev–Trinajstić information content (AvgIpc) is 3.92. The largest absolute Gasteiger partial charge is 0.790 e. The van der Waals surface area contributed by atoms with E-state index in [1.807, 2.05) is 38.2 Å². The molecular weight excluding hydrogens is 953 g/mol. The number of imidazole rings is 1. The summed E-state index contributed by atoms with van der Waals surface area (Å²) in [5, 5.41) is 27.8. The van der Waals surface area contributed by atoms with Gasteiger partial charge in [-0.05, 0) is 24.5 Å². The molecule has 5 rings (SSSR count). The number of para-hydroxylation sites is 1. The Morgan fingerprint density at radius 3 is 2.47 bits per heavy atom. The van der Waals surface area contributed by atoms with Gasteiger partial charge in [0.1, 0.15) is 42.0 Å². The topological polar surface area (TPSA) is 385 Å². The Hall–Kier alpha value is -3.68. The number of aromatic amines is 1. The van der Waals surface area contributed by atoms with Crippen LogP contribution in [0.4, 0.5) is 5.82 Å². The van der Waals surface area contributed by atoms with Gasteiger partial charge in [-0.3, -0.25) is 28.0 Å². The van der Waals surface area contributed by atoms with Crippen LogP contribution >= 0.6 is 35.2 Å². The summed E-state index contributed by atoms with van der Waals surface area (Å²) in [6.07, 6.45) is -2.97. The zero-order valence-corrected chi connectivity index (χ0v) is 39.7. The molecule has 1 aliphatic rings. The lowest BCUT2D eigenvalue weighted by molar-refractivity contribution is -0.347. The van der Waals surface area contributed by atoms with Crippen LogP contribution in [0.1, 0.15) is 65.2 Å². The Bertz CT molecular complexity index is 2480. The molecule has 7 atom stereocenters. The first-order chi connectivity index (χ1) is 30.8. The molecule has 25 nitrogen and oxygen atoms in total. The van der Waals surface area contributed by atoms with Crippen LogP contribution in [0.3, 0.4) is 0 Å². The first kappa shape index (κ1) is 53.3. The lowest BCUT2D eigenvalue weighted by Gasteiger charge is -2.34. The number of ketones is 1. The van der Waals surface area contributed by atoms with Gasteiger partial charge in [-0.25, -0.2) is 24.1 Å². The summed E-state index contributed by atoms with van der Waals surface area (Å²) in [4.78, 5) is 96.3. The zero-order valence-electron chi connectivity index (χ0n) is 36.2. The molecule has 4 aromatic rings. The molecule has 1 saturated heterocycles. The number of amides is 2. The number of aromatic nitrogens is 5. The number of phosphoric acid groups is 3. The van der Waals surface area contributed by atoms with E-state index in [1.165, 1.54) is 19.4 Å². The lowest BCUT2D eigenvalue weighted by atomic mass is 9.87. The molecule has 2 amide bonds. The summed E-state index contributed by atoms with van der Waals surface area (Å²) in [5.74, 6) is -0.745. The van der Waals surface area contributed by atoms with Gasteiger partial charge in [-0.15, -0.1) is 0 Å². The number of aryl methyl sites for hydroxylation is 1. The van der Waals surface area contributed by atoms with E-state index in [0.717, 1.165) is 41.0 Å². The van der Waals surface area contributed by atoms with Crippen LogP contribution in [0.5, 0.6) is 0 Å². The SMILES string of the molecule is CC(C)(CC(=O)CCCc1c[nH]c2ccccc12)SCCNC(=O)CCNC(=O)C(O)C(C)(C)COP(=O)(O)OP(=O)(O)OCC1OC(n2cnc3c(N)ncnc32)C(O)C1OP(=O)([O-])[O-]. The van der Waals surface area contributed by atoms with Crippen molar-refractivity contribution in [2.75, 3.05) is 37.8 Å². The lowest BCUT2D eigenvalue weighted by Crippen LogP contribution is -2.46. The molecule has 3 aromatic heterocycles. The number of nitrogens with two attached hydrogens (primary N) is 1. The zero-order chi connectivity index (χ0) is 48.7. The Kier molecular flexibility index (Phi) is 17.9. The van der Waals surface area contributed by atoms with E-state index in [4.69, 9.17) is 19.5 Å². The highest BCUT2D eigenvalue weighted by atomic mass is 32.2. The van der Waals surface area contributed by atoms with E-state index in [-0.39, 0.29) is 40.5 Å². The number of Topliss-reactive ketones (excluding diaryl/α,β-unsaturated/α-hetero) is 1. The number of nitrogens with one attached hydrogen (secondary N) is 3. The van der Waals surface area contributed by atoms with Crippen LogP contribution in [0.2, 0.25) is 0 Å². The predicted molar refractivity (Wildman–Crippen MR) is 233 cm³/mol. The van der Waals surface area contributed by atoms with Crippen molar-refractivity contribution >= 4 is 80.7 Å². The molecule has 0 radical (unpaired) electrons. The fraction of sp³-hybridized carbons (Fsp3) is 0.568. The molecule has 0 saturated carbocycles. The number of carbonyl (C=O) groups excluding carboxylic acids is 3. The van der Waals surface area contributed by atoms with Gasteiger partial charge in [0, 0.05) is 65.4 Å². The normalized spacial score (nSPS) is 20.5. The van der Waals surface area contributed by atoms with Crippen molar-refractivity contribution in [2.24, 2.45) is 5.41 Å². The molecule has 4 heterocycles. The van der Waals surface area contributed by atoms with Crippen LogP contribution in [0.25, 0.3) is 22.1 Å². The fourth-order valence-corrected chi connectivity index (χ4v) is 10.7. The number of aliphatic hydroxyl groups is 2. The van der Waals surface area contributed by atoms with E-state index in [0.29, 0.717) is 25.1 Å². The second-order valence-corrected chi connectivity index (χ2v) is 22.5. The quantitative estimate of drug-likeness (QED) is 0.0323. The number of hydrogen-bond acceptors (Lipinski definition) is 20. The smallest absolute Gasteiger partial charge is 0.481 e. The van der Waals surface area contributed by atoms with Crippen molar-refractivity contribution in [1.29, 1.82) is 0 Å². The maximum Gasteiger partial charge on any atom is 0.481 e. The minimum Gasteiger partial charge on any atom is -0.790 e. The number of rotatable bonds is 26. The number of ether oxygens (including phenoxy) is 1. The third kappa shape index (κ3) is 15.2. The number of nitrogens with zero attached hydrogens (tertiary/aromatic N) is 4. The number of thioether (sulfide) groups is 1. The first-order valence-electron chi connectivity index (χ1n) is 20.3. The van der Waals surface area contributed by atoms with Crippen LogP contribution in [0, 0.1) is 5.41 Å². The number of benzene rings is 1. The van der Waals surface area contributed by atoms with E-state index in [9.17, 15) is 57.9 Å². The molecule has 366 valence electrons. The summed E-state index contributed by atoms with van der Waals surface area (Å²) >= 11 is 1.54. The highest BCUT2D eigenvalue weighted by molar-refractivity contribution is 8.00. The average molecular weight is 1010 g/mol. The van der Waals surface area contributed by atoms with Crippen LogP contribution < -0.4 is 26.2 Å². The number of aliphatic hydroxyl groups excluding tert-OH is 2. The van der Waals surface area contributed by atoms with Crippen molar-refractivity contribution in [3.8, 4) is 0 Å². The van der Waals surface area contributed by atoms with Crippen molar-refractivity contribution in [2.45, 2.75) is 95.2 Å². The van der Waals surface area contributed by atoms with Gasteiger partial charge in [0.2, 0.25) is 11.8 Å². The molecule has 7 unspecified atom stereocenters. The van der Waals surface area contributed by atoms with Gasteiger partial charge in [-0.2, -0.15) is 16.1 Å². The minimum absolute atomic E-state index is 0.000341. The Morgan fingerprint density at radius 1 is 1.03 bits per heavy atom. The molecule has 0 bridgehead atoms. The summed E-state index contributed by atoms with van der Waals surface area (Å²) in [5.41, 5.74) is 6.43. The van der Waals surface area contributed by atoms with E-state index >= 15 is 0 Å². The van der Waals surface area contributed by atoms with Crippen LogP contribution in [-0.4, -0.2) is 123 Å². The van der Waals surface area contributed by atoms with Crippen molar-refractivity contribution in [3.05, 3.63) is 48.7 Å².